The zero-order valence-corrected chi connectivity index (χ0v) is 4.70. The van der Waals surface area contributed by atoms with Crippen molar-refractivity contribution < 1.29 is 56.0 Å². The van der Waals surface area contributed by atoms with E-state index in [9.17, 15) is 0 Å². The Morgan fingerprint density at radius 2 is 0.333 bits per heavy atom. The predicted molar refractivity (Wildman–Crippen MR) is 7.74 cm³/mol. The maximum Gasteiger partial charge on any atom is 2.00 e. The second kappa shape index (κ2) is 181. The van der Waals surface area contributed by atoms with Crippen molar-refractivity contribution in [1.29, 1.82) is 0 Å². The van der Waals surface area contributed by atoms with Crippen LogP contribution < -0.4 is 0 Å². The monoisotopic (exact) mass is 180 g/mol. The summed E-state index contributed by atoms with van der Waals surface area (Å²) in [5.74, 6) is 0. The van der Waals surface area contributed by atoms with E-state index in [1.807, 2.05) is 0 Å². The number of hydrogen-bond donors (Lipinski definition) is 0. The normalized spacial score (nSPS) is 0. The minimum absolute atomic E-state index is 0. The van der Waals surface area contributed by atoms with E-state index in [1.165, 1.54) is 0 Å². The van der Waals surface area contributed by atoms with Crippen molar-refractivity contribution in [3.63, 3.8) is 0 Å². The molecule has 0 spiro atoms. The molecule has 6 heavy (non-hydrogen) atoms. The van der Waals surface area contributed by atoms with Gasteiger partial charge in [0.25, 0.3) is 0 Å². The van der Waals surface area contributed by atoms with Gasteiger partial charge in [0.1, 0.15) is 0 Å². The summed E-state index contributed by atoms with van der Waals surface area (Å²) in [4.78, 5) is 0. The van der Waals surface area contributed by atoms with E-state index in [4.69, 9.17) is 0 Å². The summed E-state index contributed by atoms with van der Waals surface area (Å²) in [6.45, 7) is 0. The Morgan fingerprint density at radius 3 is 0.333 bits per heavy atom. The van der Waals surface area contributed by atoms with E-state index in [2.05, 4.69) is 0 Å². The molecule has 0 aromatic rings. The fourth-order valence-corrected chi connectivity index (χ4v) is 0. The molecule has 0 saturated carbocycles. The van der Waals surface area contributed by atoms with Crippen LogP contribution in [-0.4, -0.2) is 21.9 Å². The average Bonchev–Trinajstić information content (AvgIpc) is 0. The minimum atomic E-state index is 0. The molecule has 0 aromatic carbocycles. The van der Waals surface area contributed by atoms with Crippen LogP contribution in [0.15, 0.2) is 0 Å². The Balaban J connectivity index is 0. The smallest absolute Gasteiger partial charge is 0.870 e. The van der Waals surface area contributed by atoms with E-state index >= 15 is 0 Å². The van der Waals surface area contributed by atoms with Crippen LogP contribution >= 0.6 is 0 Å². The topological polar surface area (TPSA) is 120 Å². The Bertz CT molecular complexity index is 5.51. The van der Waals surface area contributed by atoms with Gasteiger partial charge < -0.3 is 21.9 Å². The first-order valence-corrected chi connectivity index (χ1v) is 0. The molecule has 0 radical (unpaired) electrons. The second-order valence-corrected chi connectivity index (χ2v) is 0. The Hall–Kier alpha value is 0.879. The van der Waals surface area contributed by atoms with Crippen molar-refractivity contribution in [2.24, 2.45) is 0 Å². The van der Waals surface area contributed by atoms with Crippen molar-refractivity contribution in [2.75, 3.05) is 0 Å². The van der Waals surface area contributed by atoms with Gasteiger partial charge in [0.15, 0.2) is 0 Å². The van der Waals surface area contributed by atoms with E-state index in [1.54, 1.807) is 0 Å². The van der Waals surface area contributed by atoms with Crippen molar-refractivity contribution in [2.45, 2.75) is 0 Å². The molecule has 44 valence electrons. The minimum Gasteiger partial charge on any atom is -0.870 e. The fourth-order valence-electron chi connectivity index (χ4n) is 0. The molecule has 0 aliphatic carbocycles. The summed E-state index contributed by atoms with van der Waals surface area (Å²) in [5, 5.41) is 0. The molecule has 0 bridgehead atoms. The Morgan fingerprint density at radius 1 is 0.333 bits per heavy atom. The van der Waals surface area contributed by atoms with Crippen molar-refractivity contribution in [3.05, 3.63) is 0 Å². The van der Waals surface area contributed by atoms with Crippen LogP contribution in [0.3, 0.4) is 0 Å². The summed E-state index contributed by atoms with van der Waals surface area (Å²) in [6, 6.07) is 0. The van der Waals surface area contributed by atoms with E-state index in [0.717, 1.165) is 0 Å². The molecule has 0 saturated heterocycles. The summed E-state index contributed by atoms with van der Waals surface area (Å²) < 4.78 is 0. The van der Waals surface area contributed by atoms with Crippen LogP contribution in [0.5, 0.6) is 0 Å². The van der Waals surface area contributed by atoms with Crippen LogP contribution in [0.4, 0.5) is 0 Å². The zero-order valence-electron chi connectivity index (χ0n) is 2.50. The third-order valence-corrected chi connectivity index (χ3v) is 0. The van der Waals surface area contributed by atoms with Crippen LogP contribution in [-0.2, 0) is 34.1 Å². The van der Waals surface area contributed by atoms with Gasteiger partial charge in [0, 0.05) is 0 Å². The molecule has 4 N–H and O–H groups in total. The van der Waals surface area contributed by atoms with Gasteiger partial charge in [-0.05, 0) is 0 Å². The van der Waals surface area contributed by atoms with E-state index < -0.39 is 0 Å². The standard InChI is InChI=1S/2Fe.4H2O/h;;4*1H2/q2*+2;;;;/p-4. The summed E-state index contributed by atoms with van der Waals surface area (Å²) in [5.41, 5.74) is 0. The van der Waals surface area contributed by atoms with Gasteiger partial charge in [0.2, 0.25) is 0 Å². The Labute approximate surface area is 56.5 Å². The molecule has 0 aromatic heterocycles. The van der Waals surface area contributed by atoms with Gasteiger partial charge in [-0.3, -0.25) is 0 Å². The fraction of sp³-hybridized carbons (Fsp3) is 0. The largest absolute Gasteiger partial charge is 2.00 e. The third-order valence-electron chi connectivity index (χ3n) is 0. The molecule has 0 unspecified atom stereocenters. The molecule has 4 nitrogen and oxygen atoms in total. The van der Waals surface area contributed by atoms with Gasteiger partial charge in [0.05, 0.1) is 0 Å². The Kier molecular flexibility index (Phi) is 9290. The molecule has 0 rings (SSSR count). The molecule has 0 fully saturated rings. The SMILES string of the molecule is [Fe+2].[Fe+2].[OH-].[OH-].[OH-].[OH-]. The first-order chi connectivity index (χ1) is 0. The third kappa shape index (κ3) is 95.0. The molecular formula is H4Fe2O4. The van der Waals surface area contributed by atoms with Crippen molar-refractivity contribution in [1.82, 2.24) is 0 Å². The van der Waals surface area contributed by atoms with Crippen LogP contribution in [0, 0.1) is 0 Å². The molecule has 0 aliphatic rings. The summed E-state index contributed by atoms with van der Waals surface area (Å²) >= 11 is 0. The van der Waals surface area contributed by atoms with Crippen molar-refractivity contribution in [3.8, 4) is 0 Å². The van der Waals surface area contributed by atoms with Crippen LogP contribution in [0.25, 0.3) is 0 Å². The maximum absolute atomic E-state index is 0. The molecule has 0 aliphatic heterocycles. The van der Waals surface area contributed by atoms with Crippen LogP contribution in [0.1, 0.15) is 0 Å². The summed E-state index contributed by atoms with van der Waals surface area (Å²) in [7, 11) is 0. The van der Waals surface area contributed by atoms with Gasteiger partial charge in [-0.25, -0.2) is 0 Å². The number of hydrogen-bond acceptors (Lipinski definition) is 4. The van der Waals surface area contributed by atoms with Crippen LogP contribution in [0.2, 0.25) is 0 Å². The quantitative estimate of drug-likeness (QED) is 0.456. The first-order valence-electron chi connectivity index (χ1n) is 0. The van der Waals surface area contributed by atoms with Gasteiger partial charge in [-0.1, -0.05) is 0 Å². The molecule has 0 amide bonds. The molecule has 6 heteroatoms. The summed E-state index contributed by atoms with van der Waals surface area (Å²) in [6.07, 6.45) is 0. The number of rotatable bonds is 0. The first kappa shape index (κ1) is 308. The molecular weight excluding hydrogens is 176 g/mol. The maximum atomic E-state index is 0. The van der Waals surface area contributed by atoms with Gasteiger partial charge in [-0.2, -0.15) is 0 Å². The zero-order chi connectivity index (χ0) is 0. The van der Waals surface area contributed by atoms with Gasteiger partial charge >= 0.3 is 34.1 Å². The van der Waals surface area contributed by atoms with E-state index in [0.29, 0.717) is 0 Å². The van der Waals surface area contributed by atoms with Crippen molar-refractivity contribution >= 4 is 0 Å². The predicted octanol–water partition coefficient (Wildman–Crippen LogP) is -0.712. The average molecular weight is 180 g/mol. The van der Waals surface area contributed by atoms with E-state index in [-0.39, 0.29) is 56.0 Å². The molecule has 0 heterocycles. The second-order valence-electron chi connectivity index (χ2n) is 0. The molecule has 0 atom stereocenters. The van der Waals surface area contributed by atoms with Gasteiger partial charge in [-0.15, -0.1) is 0 Å².